The lowest BCUT2D eigenvalue weighted by Crippen LogP contribution is -2.52. The van der Waals surface area contributed by atoms with Gasteiger partial charge in [0.2, 0.25) is 11.8 Å². The van der Waals surface area contributed by atoms with E-state index in [2.05, 4.69) is 10.6 Å². The van der Waals surface area contributed by atoms with E-state index in [4.69, 9.17) is 5.73 Å². The molecule has 2 amide bonds. The van der Waals surface area contributed by atoms with Crippen LogP contribution in [-0.4, -0.2) is 35.4 Å². The van der Waals surface area contributed by atoms with Crippen molar-refractivity contribution in [3.8, 4) is 0 Å². The summed E-state index contributed by atoms with van der Waals surface area (Å²) in [5.41, 5.74) is 7.51. The highest BCUT2D eigenvalue weighted by Gasteiger charge is 2.33. The number of hydrogen-bond acceptors (Lipinski definition) is 4. The van der Waals surface area contributed by atoms with Crippen LogP contribution in [0.5, 0.6) is 0 Å². The minimum absolute atomic E-state index is 0.0366. The lowest BCUT2D eigenvalue weighted by Gasteiger charge is -2.28. The van der Waals surface area contributed by atoms with Gasteiger partial charge >= 0.3 is 0 Å². The summed E-state index contributed by atoms with van der Waals surface area (Å²) in [5.74, 6) is 0.409. The lowest BCUT2D eigenvalue weighted by molar-refractivity contribution is -0.120. The van der Waals surface area contributed by atoms with E-state index >= 15 is 0 Å². The fraction of sp³-hybridized carbons (Fsp3) is 0.529. The quantitative estimate of drug-likeness (QED) is 0.712. The van der Waals surface area contributed by atoms with Crippen molar-refractivity contribution in [2.24, 2.45) is 5.73 Å². The van der Waals surface area contributed by atoms with Crippen molar-refractivity contribution in [1.82, 2.24) is 5.32 Å². The molecule has 0 bridgehead atoms. The number of anilines is 1. The molecule has 0 unspecified atom stereocenters. The van der Waals surface area contributed by atoms with Gasteiger partial charge in [0.05, 0.1) is 17.0 Å². The minimum atomic E-state index is -0.220. The summed E-state index contributed by atoms with van der Waals surface area (Å²) in [4.78, 5) is 23.9. The molecule has 0 spiro atoms. The van der Waals surface area contributed by atoms with Crippen molar-refractivity contribution in [2.75, 3.05) is 23.4 Å². The highest BCUT2D eigenvalue weighted by molar-refractivity contribution is 8.00. The molecule has 1 aliphatic rings. The second kappa shape index (κ2) is 8.36. The summed E-state index contributed by atoms with van der Waals surface area (Å²) in [7, 11) is 0. The topological polar surface area (TPSA) is 84.2 Å². The lowest BCUT2D eigenvalue weighted by atomic mass is 9.98. The van der Waals surface area contributed by atoms with Gasteiger partial charge in [-0.15, -0.1) is 11.8 Å². The van der Waals surface area contributed by atoms with Gasteiger partial charge in [0.1, 0.15) is 0 Å². The number of rotatable bonds is 7. The first-order valence-electron chi connectivity index (χ1n) is 7.98. The largest absolute Gasteiger partial charge is 0.349 e. The first kappa shape index (κ1) is 17.8. The number of carbonyl (C=O) groups is 2. The Hall–Kier alpha value is -1.53. The van der Waals surface area contributed by atoms with Gasteiger partial charge in [-0.2, -0.15) is 0 Å². The van der Waals surface area contributed by atoms with Crippen LogP contribution in [0.2, 0.25) is 0 Å². The van der Waals surface area contributed by atoms with Crippen LogP contribution in [0.25, 0.3) is 0 Å². The molecule has 0 atom stereocenters. The molecule has 0 radical (unpaired) electrons. The van der Waals surface area contributed by atoms with Gasteiger partial charge in [-0.1, -0.05) is 30.5 Å². The van der Waals surface area contributed by atoms with Gasteiger partial charge in [0.25, 0.3) is 0 Å². The van der Waals surface area contributed by atoms with Crippen molar-refractivity contribution in [3.63, 3.8) is 0 Å². The Morgan fingerprint density at radius 3 is 2.35 bits per heavy atom. The van der Waals surface area contributed by atoms with Crippen LogP contribution in [0.1, 0.15) is 31.2 Å². The highest BCUT2D eigenvalue weighted by atomic mass is 32.2. The van der Waals surface area contributed by atoms with Gasteiger partial charge in [-0.25, -0.2) is 0 Å². The maximum absolute atomic E-state index is 12.0. The van der Waals surface area contributed by atoms with E-state index in [1.165, 1.54) is 11.8 Å². The summed E-state index contributed by atoms with van der Waals surface area (Å²) in [6, 6.07) is 7.64. The van der Waals surface area contributed by atoms with Crippen LogP contribution >= 0.6 is 11.8 Å². The van der Waals surface area contributed by atoms with Gasteiger partial charge < -0.3 is 16.4 Å². The molecule has 0 heterocycles. The molecule has 1 saturated carbocycles. The summed E-state index contributed by atoms with van der Waals surface area (Å²) < 4.78 is 0. The van der Waals surface area contributed by atoms with Crippen LogP contribution in [0, 0.1) is 6.92 Å². The first-order valence-corrected chi connectivity index (χ1v) is 9.14. The molecular formula is C17H25N3O2S. The van der Waals surface area contributed by atoms with Crippen LogP contribution in [0.4, 0.5) is 5.69 Å². The molecule has 6 heteroatoms. The van der Waals surface area contributed by atoms with E-state index in [9.17, 15) is 9.59 Å². The summed E-state index contributed by atoms with van der Waals surface area (Å²) in [6.45, 7) is 2.48. The average molecular weight is 335 g/mol. The maximum atomic E-state index is 12.0. The number of benzene rings is 1. The number of amides is 2. The van der Waals surface area contributed by atoms with Crippen molar-refractivity contribution >= 4 is 29.3 Å². The van der Waals surface area contributed by atoms with Crippen molar-refractivity contribution < 1.29 is 9.59 Å². The summed E-state index contributed by atoms with van der Waals surface area (Å²) >= 11 is 1.32. The van der Waals surface area contributed by atoms with E-state index in [0.717, 1.165) is 36.9 Å². The number of nitrogens with one attached hydrogen (secondary N) is 2. The Bertz CT molecular complexity index is 539. The molecule has 0 aromatic heterocycles. The van der Waals surface area contributed by atoms with Crippen molar-refractivity contribution in [2.45, 2.75) is 38.1 Å². The zero-order valence-corrected chi connectivity index (χ0v) is 14.4. The van der Waals surface area contributed by atoms with Crippen LogP contribution in [0.3, 0.4) is 0 Å². The second-order valence-electron chi connectivity index (χ2n) is 6.15. The smallest absolute Gasteiger partial charge is 0.234 e. The minimum Gasteiger partial charge on any atom is -0.349 e. The van der Waals surface area contributed by atoms with E-state index in [-0.39, 0.29) is 28.9 Å². The molecule has 5 nitrogen and oxygen atoms in total. The molecule has 1 aromatic carbocycles. The molecule has 0 saturated heterocycles. The third-order valence-electron chi connectivity index (χ3n) is 4.16. The molecule has 0 aliphatic heterocycles. The monoisotopic (exact) mass is 335 g/mol. The average Bonchev–Trinajstić information content (AvgIpc) is 2.98. The second-order valence-corrected chi connectivity index (χ2v) is 7.13. The van der Waals surface area contributed by atoms with E-state index in [0.29, 0.717) is 6.54 Å². The normalized spacial score (nSPS) is 16.1. The Kier molecular flexibility index (Phi) is 6.47. The fourth-order valence-electron chi connectivity index (χ4n) is 2.83. The van der Waals surface area contributed by atoms with E-state index in [1.54, 1.807) is 0 Å². The molecule has 1 aliphatic carbocycles. The maximum Gasteiger partial charge on any atom is 0.234 e. The molecule has 1 aromatic rings. The highest BCUT2D eigenvalue weighted by Crippen LogP contribution is 2.28. The predicted octanol–water partition coefficient (Wildman–Crippen LogP) is 2.05. The fourth-order valence-corrected chi connectivity index (χ4v) is 3.45. The number of aryl methyl sites for hydroxylation is 1. The molecule has 4 N–H and O–H groups in total. The summed E-state index contributed by atoms with van der Waals surface area (Å²) in [6.07, 6.45) is 4.13. The van der Waals surface area contributed by atoms with Gasteiger partial charge in [-0.3, -0.25) is 9.59 Å². The Labute approximate surface area is 141 Å². The van der Waals surface area contributed by atoms with Crippen LogP contribution in [-0.2, 0) is 9.59 Å². The molecular weight excluding hydrogens is 310 g/mol. The molecule has 23 heavy (non-hydrogen) atoms. The Balaban J connectivity index is 1.68. The zero-order chi connectivity index (χ0) is 16.7. The zero-order valence-electron chi connectivity index (χ0n) is 13.6. The van der Waals surface area contributed by atoms with Crippen LogP contribution < -0.4 is 16.4 Å². The van der Waals surface area contributed by atoms with Crippen molar-refractivity contribution in [1.29, 1.82) is 0 Å². The van der Waals surface area contributed by atoms with E-state index < -0.39 is 0 Å². The molecule has 2 rings (SSSR count). The molecule has 126 valence electrons. The summed E-state index contributed by atoms with van der Waals surface area (Å²) in [5, 5.41) is 5.88. The number of nitrogens with two attached hydrogens (primary N) is 1. The Morgan fingerprint density at radius 2 is 1.74 bits per heavy atom. The van der Waals surface area contributed by atoms with Crippen molar-refractivity contribution in [3.05, 3.63) is 29.8 Å². The van der Waals surface area contributed by atoms with Gasteiger partial charge in [0, 0.05) is 12.2 Å². The SMILES string of the molecule is Cc1ccc(NC(=O)CSCC(=O)NC2(CN)CCCC2)cc1. The number of thioether (sulfide) groups is 1. The number of hydrogen-bond donors (Lipinski definition) is 3. The third kappa shape index (κ3) is 5.55. The first-order chi connectivity index (χ1) is 11.0. The molecule has 1 fully saturated rings. The van der Waals surface area contributed by atoms with E-state index in [1.807, 2.05) is 31.2 Å². The van der Waals surface area contributed by atoms with Crippen LogP contribution in [0.15, 0.2) is 24.3 Å². The number of carbonyl (C=O) groups excluding carboxylic acids is 2. The Morgan fingerprint density at radius 1 is 1.13 bits per heavy atom. The predicted molar refractivity (Wildman–Crippen MR) is 95.5 cm³/mol. The van der Waals surface area contributed by atoms with Gasteiger partial charge in [0.15, 0.2) is 0 Å². The third-order valence-corrected chi connectivity index (χ3v) is 5.09. The van der Waals surface area contributed by atoms with Gasteiger partial charge in [-0.05, 0) is 31.9 Å². The standard InChI is InChI=1S/C17H25N3O2S/c1-13-4-6-14(7-5-13)19-15(21)10-23-11-16(22)20-17(12-18)8-2-3-9-17/h4-7H,2-3,8-12,18H2,1H3,(H,19,21)(H,20,22).